The molecule has 0 unspecified atom stereocenters. The summed E-state index contributed by atoms with van der Waals surface area (Å²) in [6.07, 6.45) is 0. The van der Waals surface area contributed by atoms with Crippen LogP contribution in [0.15, 0.2) is 40.2 Å². The number of rotatable bonds is 4. The number of aryl methyl sites for hydroxylation is 2. The summed E-state index contributed by atoms with van der Waals surface area (Å²) in [5, 5.41) is 9.81. The number of aromatic nitrogens is 2. The molecule has 0 aliphatic carbocycles. The quantitative estimate of drug-likeness (QED) is 0.775. The second-order valence-electron chi connectivity index (χ2n) is 5.54. The van der Waals surface area contributed by atoms with Crippen molar-refractivity contribution >= 4 is 23.1 Å². The summed E-state index contributed by atoms with van der Waals surface area (Å²) < 4.78 is 5.01. The van der Waals surface area contributed by atoms with Crippen LogP contribution in [0.25, 0.3) is 11.3 Å². The van der Waals surface area contributed by atoms with Crippen molar-refractivity contribution in [2.24, 2.45) is 0 Å². The molecule has 0 spiro atoms. The van der Waals surface area contributed by atoms with Crippen molar-refractivity contribution in [1.82, 2.24) is 15.0 Å². The zero-order valence-corrected chi connectivity index (χ0v) is 14.6. The van der Waals surface area contributed by atoms with Crippen LogP contribution >= 0.6 is 11.3 Å². The molecule has 3 aromatic rings. The standard InChI is InChI=1S/C17H18N4O2S/c1-11-8-15(20-23-11)9-21(3)17(22)19-14-6-4-13(5-7-14)16-10-24-12(2)18-16/h4-8,10H,9H2,1-3H3,(H,19,22). The normalized spacial score (nSPS) is 10.6. The van der Waals surface area contributed by atoms with Gasteiger partial charge in [0.15, 0.2) is 0 Å². The molecule has 2 amide bonds. The summed E-state index contributed by atoms with van der Waals surface area (Å²) in [6, 6.07) is 9.25. The van der Waals surface area contributed by atoms with Crippen LogP contribution in [-0.4, -0.2) is 28.1 Å². The first-order chi connectivity index (χ1) is 11.5. The first-order valence-electron chi connectivity index (χ1n) is 7.48. The lowest BCUT2D eigenvalue weighted by atomic mass is 10.1. The fourth-order valence-electron chi connectivity index (χ4n) is 2.25. The molecule has 2 aromatic heterocycles. The Morgan fingerprint density at radius 1 is 1.29 bits per heavy atom. The van der Waals surface area contributed by atoms with E-state index in [1.54, 1.807) is 23.3 Å². The van der Waals surface area contributed by atoms with Gasteiger partial charge in [0.2, 0.25) is 0 Å². The van der Waals surface area contributed by atoms with E-state index in [2.05, 4.69) is 15.5 Å². The second kappa shape index (κ2) is 6.84. The highest BCUT2D eigenvalue weighted by atomic mass is 32.1. The van der Waals surface area contributed by atoms with E-state index in [1.807, 2.05) is 49.6 Å². The lowest BCUT2D eigenvalue weighted by Crippen LogP contribution is -2.30. The topological polar surface area (TPSA) is 71.3 Å². The number of hydrogen-bond acceptors (Lipinski definition) is 5. The molecule has 0 radical (unpaired) electrons. The number of amides is 2. The van der Waals surface area contributed by atoms with Crippen LogP contribution in [0.5, 0.6) is 0 Å². The van der Waals surface area contributed by atoms with Crippen LogP contribution in [0.2, 0.25) is 0 Å². The molecule has 3 rings (SSSR count). The zero-order chi connectivity index (χ0) is 17.1. The minimum absolute atomic E-state index is 0.201. The first kappa shape index (κ1) is 16.2. The highest BCUT2D eigenvalue weighted by Gasteiger charge is 2.12. The Kier molecular flexibility index (Phi) is 4.61. The van der Waals surface area contributed by atoms with Crippen LogP contribution < -0.4 is 5.32 Å². The number of thiazole rings is 1. The summed E-state index contributed by atoms with van der Waals surface area (Å²) in [4.78, 5) is 18.2. The average molecular weight is 342 g/mol. The summed E-state index contributed by atoms with van der Waals surface area (Å²) in [6.45, 7) is 4.19. The zero-order valence-electron chi connectivity index (χ0n) is 13.7. The number of benzene rings is 1. The second-order valence-corrected chi connectivity index (χ2v) is 6.61. The van der Waals surface area contributed by atoms with Crippen LogP contribution in [-0.2, 0) is 6.54 Å². The Bertz CT molecular complexity index is 838. The predicted octanol–water partition coefficient (Wildman–Crippen LogP) is 4.08. The number of carbonyl (C=O) groups excluding carboxylic acids is 1. The molecule has 0 atom stereocenters. The third-order valence-electron chi connectivity index (χ3n) is 3.47. The van der Waals surface area contributed by atoms with Crippen molar-refractivity contribution in [3.63, 3.8) is 0 Å². The maximum absolute atomic E-state index is 12.2. The number of nitrogens with one attached hydrogen (secondary N) is 1. The molecule has 24 heavy (non-hydrogen) atoms. The van der Waals surface area contributed by atoms with E-state index in [4.69, 9.17) is 4.52 Å². The Morgan fingerprint density at radius 3 is 2.62 bits per heavy atom. The van der Waals surface area contributed by atoms with E-state index in [0.717, 1.165) is 33.4 Å². The largest absolute Gasteiger partial charge is 0.361 e. The van der Waals surface area contributed by atoms with Gasteiger partial charge in [-0.3, -0.25) is 0 Å². The van der Waals surface area contributed by atoms with Gasteiger partial charge >= 0.3 is 6.03 Å². The Labute approximate surface area is 144 Å². The van der Waals surface area contributed by atoms with E-state index in [-0.39, 0.29) is 6.03 Å². The molecule has 124 valence electrons. The van der Waals surface area contributed by atoms with Crippen molar-refractivity contribution in [1.29, 1.82) is 0 Å². The molecular formula is C17H18N4O2S. The van der Waals surface area contributed by atoms with Crippen LogP contribution in [0, 0.1) is 13.8 Å². The van der Waals surface area contributed by atoms with Gasteiger partial charge in [0.1, 0.15) is 11.5 Å². The van der Waals surface area contributed by atoms with E-state index in [0.29, 0.717) is 6.54 Å². The van der Waals surface area contributed by atoms with Crippen molar-refractivity contribution < 1.29 is 9.32 Å². The van der Waals surface area contributed by atoms with Crippen molar-refractivity contribution in [3.8, 4) is 11.3 Å². The van der Waals surface area contributed by atoms with Gasteiger partial charge < -0.3 is 14.7 Å². The average Bonchev–Trinajstić information content (AvgIpc) is 3.16. The maximum atomic E-state index is 12.2. The molecule has 0 aliphatic heterocycles. The maximum Gasteiger partial charge on any atom is 0.321 e. The van der Waals surface area contributed by atoms with E-state index < -0.39 is 0 Å². The number of nitrogens with zero attached hydrogens (tertiary/aromatic N) is 3. The number of hydrogen-bond donors (Lipinski definition) is 1. The first-order valence-corrected chi connectivity index (χ1v) is 8.36. The van der Waals surface area contributed by atoms with Crippen LogP contribution in [0.3, 0.4) is 0 Å². The van der Waals surface area contributed by atoms with Gasteiger partial charge in [0.05, 0.1) is 17.2 Å². The highest BCUT2D eigenvalue weighted by Crippen LogP contribution is 2.23. The predicted molar refractivity (Wildman–Crippen MR) is 94.0 cm³/mol. The fourth-order valence-corrected chi connectivity index (χ4v) is 2.87. The number of anilines is 1. The summed E-state index contributed by atoms with van der Waals surface area (Å²) >= 11 is 1.62. The third kappa shape index (κ3) is 3.80. The van der Waals surface area contributed by atoms with Crippen molar-refractivity contribution in [2.75, 3.05) is 12.4 Å². The molecule has 2 heterocycles. The van der Waals surface area contributed by atoms with Crippen LogP contribution in [0.4, 0.5) is 10.5 Å². The van der Waals surface area contributed by atoms with E-state index >= 15 is 0 Å². The van der Waals surface area contributed by atoms with Gasteiger partial charge in [-0.05, 0) is 26.0 Å². The minimum Gasteiger partial charge on any atom is -0.361 e. The lowest BCUT2D eigenvalue weighted by Gasteiger charge is -2.16. The smallest absolute Gasteiger partial charge is 0.321 e. The number of urea groups is 1. The Morgan fingerprint density at radius 2 is 2.04 bits per heavy atom. The van der Waals surface area contributed by atoms with Crippen LogP contribution in [0.1, 0.15) is 16.5 Å². The molecule has 0 fully saturated rings. The monoisotopic (exact) mass is 342 g/mol. The molecule has 0 bridgehead atoms. The fraction of sp³-hybridized carbons (Fsp3) is 0.235. The molecule has 0 saturated carbocycles. The SMILES string of the molecule is Cc1cc(CN(C)C(=O)Nc2ccc(-c3csc(C)n3)cc2)no1. The Hall–Kier alpha value is -2.67. The Balaban J connectivity index is 1.61. The van der Waals surface area contributed by atoms with Crippen molar-refractivity contribution in [2.45, 2.75) is 20.4 Å². The lowest BCUT2D eigenvalue weighted by molar-refractivity contribution is 0.219. The molecule has 6 nitrogen and oxygen atoms in total. The van der Waals surface area contributed by atoms with Gasteiger partial charge in [0.25, 0.3) is 0 Å². The van der Waals surface area contributed by atoms with Crippen molar-refractivity contribution in [3.05, 3.63) is 52.2 Å². The highest BCUT2D eigenvalue weighted by molar-refractivity contribution is 7.09. The number of carbonyl (C=O) groups is 1. The summed E-state index contributed by atoms with van der Waals surface area (Å²) in [5.41, 5.74) is 3.44. The molecule has 7 heteroatoms. The summed E-state index contributed by atoms with van der Waals surface area (Å²) in [7, 11) is 1.71. The summed E-state index contributed by atoms with van der Waals surface area (Å²) in [5.74, 6) is 0.728. The molecule has 1 N–H and O–H groups in total. The minimum atomic E-state index is -0.201. The van der Waals surface area contributed by atoms with Gasteiger partial charge in [0, 0.05) is 29.7 Å². The van der Waals surface area contributed by atoms with Gasteiger partial charge in [-0.15, -0.1) is 11.3 Å². The molecule has 0 aliphatic rings. The van der Waals surface area contributed by atoms with Gasteiger partial charge in [-0.25, -0.2) is 9.78 Å². The van der Waals surface area contributed by atoms with E-state index in [9.17, 15) is 4.79 Å². The third-order valence-corrected chi connectivity index (χ3v) is 4.25. The van der Waals surface area contributed by atoms with Gasteiger partial charge in [-0.1, -0.05) is 17.3 Å². The van der Waals surface area contributed by atoms with E-state index in [1.165, 1.54) is 0 Å². The molecule has 1 aromatic carbocycles. The van der Waals surface area contributed by atoms with Gasteiger partial charge in [-0.2, -0.15) is 0 Å². The molecule has 0 saturated heterocycles. The molecular weight excluding hydrogens is 324 g/mol.